The van der Waals surface area contributed by atoms with Gasteiger partial charge >= 0.3 is 5.97 Å². The first-order chi connectivity index (χ1) is 8.45. The molecule has 0 radical (unpaired) electrons. The van der Waals surface area contributed by atoms with Gasteiger partial charge in [0, 0.05) is 18.0 Å². The second-order valence-electron chi connectivity index (χ2n) is 3.64. The first-order valence-electron chi connectivity index (χ1n) is 5.43. The number of rotatable bonds is 5. The molecule has 0 aliphatic carbocycles. The van der Waals surface area contributed by atoms with Gasteiger partial charge in [0.2, 0.25) is 5.91 Å². The SMILES string of the molecule is CCC(=O)N(CCC(=O)O)c1ccc(Cl)cc1Cl. The van der Waals surface area contributed by atoms with Crippen molar-refractivity contribution >= 4 is 40.8 Å². The fraction of sp³-hybridized carbons (Fsp3) is 0.333. The molecule has 1 rings (SSSR count). The van der Waals surface area contributed by atoms with Crippen LogP contribution < -0.4 is 4.90 Å². The molecular formula is C12H13Cl2NO3. The zero-order valence-corrected chi connectivity index (χ0v) is 11.3. The van der Waals surface area contributed by atoms with E-state index in [2.05, 4.69) is 0 Å². The number of halogens is 2. The number of hydrogen-bond acceptors (Lipinski definition) is 2. The highest BCUT2D eigenvalue weighted by atomic mass is 35.5. The molecular weight excluding hydrogens is 277 g/mol. The average Bonchev–Trinajstić information content (AvgIpc) is 2.30. The number of aliphatic carboxylic acids is 1. The molecule has 1 aromatic carbocycles. The Balaban J connectivity index is 3.01. The lowest BCUT2D eigenvalue weighted by Gasteiger charge is -2.22. The van der Waals surface area contributed by atoms with Gasteiger partial charge in [-0.1, -0.05) is 30.1 Å². The summed E-state index contributed by atoms with van der Waals surface area (Å²) in [5, 5.41) is 9.48. The summed E-state index contributed by atoms with van der Waals surface area (Å²) in [5.74, 6) is -1.14. The van der Waals surface area contributed by atoms with Crippen molar-refractivity contribution in [2.24, 2.45) is 0 Å². The molecule has 4 nitrogen and oxygen atoms in total. The van der Waals surface area contributed by atoms with Crippen LogP contribution in [0.4, 0.5) is 5.69 Å². The lowest BCUT2D eigenvalue weighted by Crippen LogP contribution is -2.32. The number of anilines is 1. The van der Waals surface area contributed by atoms with Crippen LogP contribution in [0.15, 0.2) is 18.2 Å². The average molecular weight is 290 g/mol. The first kappa shape index (κ1) is 14.8. The summed E-state index contributed by atoms with van der Waals surface area (Å²) < 4.78 is 0. The molecule has 0 atom stereocenters. The summed E-state index contributed by atoms with van der Waals surface area (Å²) in [6.07, 6.45) is 0.142. The lowest BCUT2D eigenvalue weighted by atomic mass is 10.2. The highest BCUT2D eigenvalue weighted by Gasteiger charge is 2.17. The molecule has 0 aliphatic heterocycles. The topological polar surface area (TPSA) is 57.6 Å². The van der Waals surface area contributed by atoms with Crippen molar-refractivity contribution in [3.8, 4) is 0 Å². The second-order valence-corrected chi connectivity index (χ2v) is 4.48. The molecule has 0 heterocycles. The van der Waals surface area contributed by atoms with E-state index >= 15 is 0 Å². The molecule has 0 unspecified atom stereocenters. The van der Waals surface area contributed by atoms with Crippen LogP contribution >= 0.6 is 23.2 Å². The van der Waals surface area contributed by atoms with Gasteiger partial charge in [-0.3, -0.25) is 9.59 Å². The normalized spacial score (nSPS) is 10.2. The fourth-order valence-corrected chi connectivity index (χ4v) is 1.99. The van der Waals surface area contributed by atoms with Crippen LogP contribution in [0, 0.1) is 0 Å². The molecule has 6 heteroatoms. The van der Waals surface area contributed by atoms with E-state index < -0.39 is 5.97 Å². The Hall–Kier alpha value is -1.26. The van der Waals surface area contributed by atoms with Gasteiger partial charge in [-0.2, -0.15) is 0 Å². The van der Waals surface area contributed by atoms with Crippen molar-refractivity contribution in [3.63, 3.8) is 0 Å². The molecule has 98 valence electrons. The van der Waals surface area contributed by atoms with Crippen LogP contribution in [0.25, 0.3) is 0 Å². The largest absolute Gasteiger partial charge is 0.481 e. The summed E-state index contributed by atoms with van der Waals surface area (Å²) in [6, 6.07) is 4.74. The Kier molecular flexibility index (Phi) is 5.44. The van der Waals surface area contributed by atoms with E-state index in [4.69, 9.17) is 28.3 Å². The highest BCUT2D eigenvalue weighted by Crippen LogP contribution is 2.29. The quantitative estimate of drug-likeness (QED) is 0.905. The molecule has 0 saturated heterocycles. The number of carbonyl (C=O) groups excluding carboxylic acids is 1. The fourth-order valence-electron chi connectivity index (χ4n) is 1.48. The number of amides is 1. The van der Waals surface area contributed by atoms with Crippen molar-refractivity contribution in [1.82, 2.24) is 0 Å². The molecule has 1 aromatic rings. The Bertz CT molecular complexity index is 463. The predicted octanol–water partition coefficient (Wildman–Crippen LogP) is 3.21. The second kappa shape index (κ2) is 6.61. The third kappa shape index (κ3) is 3.89. The van der Waals surface area contributed by atoms with E-state index in [1.807, 2.05) is 0 Å². The van der Waals surface area contributed by atoms with E-state index in [-0.39, 0.29) is 25.3 Å². The minimum atomic E-state index is -0.964. The Morgan fingerprint density at radius 1 is 1.33 bits per heavy atom. The summed E-state index contributed by atoms with van der Waals surface area (Å²) in [5.41, 5.74) is 0.481. The maximum atomic E-state index is 11.8. The van der Waals surface area contributed by atoms with E-state index in [1.165, 1.54) is 11.0 Å². The molecule has 0 aromatic heterocycles. The van der Waals surface area contributed by atoms with Gasteiger partial charge in [0.05, 0.1) is 17.1 Å². The predicted molar refractivity (Wildman–Crippen MR) is 71.4 cm³/mol. The number of carbonyl (C=O) groups is 2. The van der Waals surface area contributed by atoms with Crippen LogP contribution in [0.5, 0.6) is 0 Å². The Morgan fingerprint density at radius 2 is 2.00 bits per heavy atom. The monoisotopic (exact) mass is 289 g/mol. The smallest absolute Gasteiger partial charge is 0.305 e. The molecule has 0 saturated carbocycles. The van der Waals surface area contributed by atoms with Gasteiger partial charge in [-0.15, -0.1) is 0 Å². The van der Waals surface area contributed by atoms with Crippen molar-refractivity contribution in [2.45, 2.75) is 19.8 Å². The third-order valence-electron chi connectivity index (χ3n) is 2.35. The molecule has 0 bridgehead atoms. The zero-order chi connectivity index (χ0) is 13.7. The number of carboxylic acid groups (broad SMARTS) is 1. The van der Waals surface area contributed by atoms with E-state index in [9.17, 15) is 9.59 Å². The van der Waals surface area contributed by atoms with Crippen LogP contribution in [0.3, 0.4) is 0 Å². The van der Waals surface area contributed by atoms with Gasteiger partial charge < -0.3 is 10.0 Å². The van der Waals surface area contributed by atoms with Gasteiger partial charge in [0.1, 0.15) is 0 Å². The minimum absolute atomic E-state index is 0.0867. The summed E-state index contributed by atoms with van der Waals surface area (Å²) in [4.78, 5) is 23.8. The summed E-state index contributed by atoms with van der Waals surface area (Å²) >= 11 is 11.8. The third-order valence-corrected chi connectivity index (χ3v) is 2.89. The summed E-state index contributed by atoms with van der Waals surface area (Å²) in [6.45, 7) is 1.79. The minimum Gasteiger partial charge on any atom is -0.481 e. The standard InChI is InChI=1S/C12H13Cl2NO3/c1-2-11(16)15(6-5-12(17)18)10-4-3-8(13)7-9(10)14/h3-4,7H,2,5-6H2,1H3,(H,17,18). The van der Waals surface area contributed by atoms with Crippen molar-refractivity contribution in [2.75, 3.05) is 11.4 Å². The van der Waals surface area contributed by atoms with Crippen molar-refractivity contribution < 1.29 is 14.7 Å². The number of nitrogens with zero attached hydrogens (tertiary/aromatic N) is 1. The lowest BCUT2D eigenvalue weighted by molar-refractivity contribution is -0.136. The van der Waals surface area contributed by atoms with E-state index in [0.29, 0.717) is 15.7 Å². The Labute approximate surface area is 115 Å². The molecule has 0 fully saturated rings. The first-order valence-corrected chi connectivity index (χ1v) is 6.18. The van der Waals surface area contributed by atoms with Crippen LogP contribution in [0.1, 0.15) is 19.8 Å². The van der Waals surface area contributed by atoms with Gasteiger partial charge in [0.15, 0.2) is 0 Å². The van der Waals surface area contributed by atoms with Crippen LogP contribution in [-0.2, 0) is 9.59 Å². The maximum Gasteiger partial charge on any atom is 0.305 e. The van der Waals surface area contributed by atoms with Gasteiger partial charge in [0.25, 0.3) is 0 Å². The van der Waals surface area contributed by atoms with Gasteiger partial charge in [-0.05, 0) is 18.2 Å². The van der Waals surface area contributed by atoms with E-state index in [1.54, 1.807) is 19.1 Å². The van der Waals surface area contributed by atoms with Crippen LogP contribution in [-0.4, -0.2) is 23.5 Å². The Morgan fingerprint density at radius 3 is 2.50 bits per heavy atom. The van der Waals surface area contributed by atoms with Gasteiger partial charge in [-0.25, -0.2) is 0 Å². The molecule has 1 N–H and O–H groups in total. The number of benzene rings is 1. The number of hydrogen-bond donors (Lipinski definition) is 1. The summed E-state index contributed by atoms with van der Waals surface area (Å²) in [7, 11) is 0. The maximum absolute atomic E-state index is 11.8. The molecule has 0 spiro atoms. The molecule has 18 heavy (non-hydrogen) atoms. The van der Waals surface area contributed by atoms with Crippen molar-refractivity contribution in [3.05, 3.63) is 28.2 Å². The highest BCUT2D eigenvalue weighted by molar-refractivity contribution is 6.36. The molecule has 0 aliphatic rings. The van der Waals surface area contributed by atoms with E-state index in [0.717, 1.165) is 0 Å². The molecule has 1 amide bonds. The number of carboxylic acids is 1. The zero-order valence-electron chi connectivity index (χ0n) is 9.82. The van der Waals surface area contributed by atoms with Crippen molar-refractivity contribution in [1.29, 1.82) is 0 Å². The van der Waals surface area contributed by atoms with Crippen LogP contribution in [0.2, 0.25) is 10.0 Å².